The largest absolute Gasteiger partial charge is 0.316 e. The molecule has 2 N–H and O–H groups in total. The summed E-state index contributed by atoms with van der Waals surface area (Å²) in [6.07, 6.45) is 4.06. The zero-order valence-electron chi connectivity index (χ0n) is 10.4. The quantitative estimate of drug-likeness (QED) is 0.828. The smallest absolute Gasteiger partial charge is 0.0143 e. The average molecular weight is 230 g/mol. The van der Waals surface area contributed by atoms with E-state index in [9.17, 15) is 0 Å². The van der Waals surface area contributed by atoms with Gasteiger partial charge in [-0.05, 0) is 50.4 Å². The van der Waals surface area contributed by atoms with Gasteiger partial charge in [0.15, 0.2) is 0 Å². The van der Waals surface area contributed by atoms with Crippen molar-refractivity contribution in [3.05, 3.63) is 35.9 Å². The first-order chi connectivity index (χ1) is 8.43. The lowest BCUT2D eigenvalue weighted by Gasteiger charge is -2.23. The van der Waals surface area contributed by atoms with Crippen molar-refractivity contribution in [1.82, 2.24) is 10.6 Å². The van der Waals surface area contributed by atoms with Crippen molar-refractivity contribution in [3.63, 3.8) is 0 Å². The van der Waals surface area contributed by atoms with Gasteiger partial charge in [-0.3, -0.25) is 0 Å². The maximum absolute atomic E-state index is 3.73. The molecule has 1 aromatic carbocycles. The van der Waals surface area contributed by atoms with Crippen molar-refractivity contribution in [2.24, 2.45) is 5.92 Å². The van der Waals surface area contributed by atoms with Gasteiger partial charge >= 0.3 is 0 Å². The van der Waals surface area contributed by atoms with Crippen LogP contribution >= 0.6 is 0 Å². The van der Waals surface area contributed by atoms with Gasteiger partial charge in [-0.15, -0.1) is 0 Å². The third-order valence-corrected chi connectivity index (χ3v) is 4.09. The van der Waals surface area contributed by atoms with Crippen molar-refractivity contribution in [1.29, 1.82) is 0 Å². The highest BCUT2D eigenvalue weighted by molar-refractivity contribution is 5.27. The number of rotatable bonds is 4. The molecule has 3 rings (SSSR count). The second-order valence-corrected chi connectivity index (χ2v) is 5.48. The maximum atomic E-state index is 3.73. The van der Waals surface area contributed by atoms with E-state index >= 15 is 0 Å². The minimum absolute atomic E-state index is 0.735. The molecule has 3 unspecified atom stereocenters. The molecule has 1 saturated heterocycles. The predicted molar refractivity (Wildman–Crippen MR) is 71.2 cm³/mol. The molecule has 0 aromatic heterocycles. The summed E-state index contributed by atoms with van der Waals surface area (Å²) in [5.41, 5.74) is 1.51. The standard InChI is InChI=1S/C15H22N2/c1-2-6-13(7-3-1)14-9-15(14)17-11-12-5-4-8-16-10-12/h1-3,6-7,12,14-17H,4-5,8-11H2. The van der Waals surface area contributed by atoms with E-state index in [4.69, 9.17) is 0 Å². The molecule has 92 valence electrons. The van der Waals surface area contributed by atoms with Crippen molar-refractivity contribution in [2.75, 3.05) is 19.6 Å². The fourth-order valence-electron chi connectivity index (χ4n) is 2.91. The monoisotopic (exact) mass is 230 g/mol. The van der Waals surface area contributed by atoms with Crippen LogP contribution in [0, 0.1) is 5.92 Å². The van der Waals surface area contributed by atoms with Gasteiger partial charge < -0.3 is 10.6 Å². The Morgan fingerprint density at radius 1 is 1.24 bits per heavy atom. The topological polar surface area (TPSA) is 24.1 Å². The number of benzene rings is 1. The fourth-order valence-corrected chi connectivity index (χ4v) is 2.91. The number of hydrogen-bond donors (Lipinski definition) is 2. The van der Waals surface area contributed by atoms with Crippen LogP contribution in [0.4, 0.5) is 0 Å². The lowest BCUT2D eigenvalue weighted by molar-refractivity contribution is 0.359. The number of piperidine rings is 1. The van der Waals surface area contributed by atoms with Crippen LogP contribution in [-0.2, 0) is 0 Å². The average Bonchev–Trinajstić information content (AvgIpc) is 3.18. The Labute approximate surface area is 104 Å². The van der Waals surface area contributed by atoms with E-state index in [1.54, 1.807) is 0 Å². The summed E-state index contributed by atoms with van der Waals surface area (Å²) >= 11 is 0. The van der Waals surface area contributed by atoms with Gasteiger partial charge in [0.25, 0.3) is 0 Å². The van der Waals surface area contributed by atoms with Crippen LogP contribution in [0.1, 0.15) is 30.7 Å². The number of nitrogens with one attached hydrogen (secondary N) is 2. The van der Waals surface area contributed by atoms with E-state index in [1.807, 2.05) is 0 Å². The van der Waals surface area contributed by atoms with Crippen LogP contribution in [0.15, 0.2) is 30.3 Å². The highest BCUT2D eigenvalue weighted by Crippen LogP contribution is 2.40. The van der Waals surface area contributed by atoms with Crippen molar-refractivity contribution >= 4 is 0 Å². The molecule has 17 heavy (non-hydrogen) atoms. The van der Waals surface area contributed by atoms with E-state index in [1.165, 1.54) is 44.5 Å². The second-order valence-electron chi connectivity index (χ2n) is 5.48. The van der Waals surface area contributed by atoms with E-state index in [-0.39, 0.29) is 0 Å². The van der Waals surface area contributed by atoms with Crippen LogP contribution < -0.4 is 10.6 Å². The normalized spacial score (nSPS) is 32.4. The predicted octanol–water partition coefficient (Wildman–Crippen LogP) is 2.13. The maximum Gasteiger partial charge on any atom is 0.0143 e. The molecular formula is C15H22N2. The summed E-state index contributed by atoms with van der Waals surface area (Å²) in [5, 5.41) is 7.22. The lowest BCUT2D eigenvalue weighted by Crippen LogP contribution is -2.36. The Kier molecular flexibility index (Phi) is 3.44. The summed E-state index contributed by atoms with van der Waals surface area (Å²) in [5.74, 6) is 1.62. The molecule has 0 amide bonds. The van der Waals surface area contributed by atoms with E-state index < -0.39 is 0 Å². The molecule has 0 bridgehead atoms. The molecule has 2 aliphatic rings. The first kappa shape index (κ1) is 11.2. The lowest BCUT2D eigenvalue weighted by atomic mass is 10.00. The minimum Gasteiger partial charge on any atom is -0.316 e. The molecule has 1 heterocycles. The van der Waals surface area contributed by atoms with Gasteiger partial charge in [0.2, 0.25) is 0 Å². The summed E-state index contributed by atoms with van der Waals surface area (Å²) < 4.78 is 0. The third-order valence-electron chi connectivity index (χ3n) is 4.09. The first-order valence-corrected chi connectivity index (χ1v) is 6.92. The van der Waals surface area contributed by atoms with E-state index in [0.29, 0.717) is 0 Å². The van der Waals surface area contributed by atoms with Crippen LogP contribution in [-0.4, -0.2) is 25.7 Å². The van der Waals surface area contributed by atoms with E-state index in [2.05, 4.69) is 41.0 Å². The zero-order valence-corrected chi connectivity index (χ0v) is 10.4. The third kappa shape index (κ3) is 2.88. The molecule has 0 radical (unpaired) electrons. The Morgan fingerprint density at radius 2 is 2.12 bits per heavy atom. The van der Waals surface area contributed by atoms with Gasteiger partial charge in [-0.1, -0.05) is 30.3 Å². The van der Waals surface area contributed by atoms with Crippen LogP contribution in [0.5, 0.6) is 0 Å². The van der Waals surface area contributed by atoms with Crippen molar-refractivity contribution in [2.45, 2.75) is 31.2 Å². The summed E-state index contributed by atoms with van der Waals surface area (Å²) in [6, 6.07) is 11.6. The van der Waals surface area contributed by atoms with E-state index in [0.717, 1.165) is 17.9 Å². The Balaban J connectivity index is 1.43. The Bertz CT molecular complexity index is 343. The number of hydrogen-bond acceptors (Lipinski definition) is 2. The highest BCUT2D eigenvalue weighted by Gasteiger charge is 2.37. The fraction of sp³-hybridized carbons (Fsp3) is 0.600. The molecule has 1 aliphatic carbocycles. The first-order valence-electron chi connectivity index (χ1n) is 6.92. The molecule has 1 aliphatic heterocycles. The molecule has 3 atom stereocenters. The van der Waals surface area contributed by atoms with Gasteiger partial charge in [0.05, 0.1) is 0 Å². The molecule has 0 spiro atoms. The summed E-state index contributed by atoms with van der Waals surface area (Å²) in [6.45, 7) is 3.61. The van der Waals surface area contributed by atoms with Crippen LogP contribution in [0.3, 0.4) is 0 Å². The summed E-state index contributed by atoms with van der Waals surface area (Å²) in [4.78, 5) is 0. The minimum atomic E-state index is 0.735. The summed E-state index contributed by atoms with van der Waals surface area (Å²) in [7, 11) is 0. The SMILES string of the molecule is c1ccc(C2CC2NCC2CCCNC2)cc1. The van der Waals surface area contributed by atoms with Crippen molar-refractivity contribution < 1.29 is 0 Å². The van der Waals surface area contributed by atoms with Crippen molar-refractivity contribution in [3.8, 4) is 0 Å². The molecule has 1 saturated carbocycles. The van der Waals surface area contributed by atoms with Gasteiger partial charge in [-0.25, -0.2) is 0 Å². The Morgan fingerprint density at radius 3 is 2.88 bits per heavy atom. The molecular weight excluding hydrogens is 208 g/mol. The molecule has 2 nitrogen and oxygen atoms in total. The van der Waals surface area contributed by atoms with Gasteiger partial charge in [-0.2, -0.15) is 0 Å². The van der Waals surface area contributed by atoms with Gasteiger partial charge in [0, 0.05) is 12.0 Å². The van der Waals surface area contributed by atoms with Crippen LogP contribution in [0.2, 0.25) is 0 Å². The zero-order chi connectivity index (χ0) is 11.5. The highest BCUT2D eigenvalue weighted by atomic mass is 15.0. The van der Waals surface area contributed by atoms with Gasteiger partial charge in [0.1, 0.15) is 0 Å². The molecule has 2 fully saturated rings. The molecule has 2 heteroatoms. The second kappa shape index (κ2) is 5.19. The van der Waals surface area contributed by atoms with Crippen LogP contribution in [0.25, 0.3) is 0 Å². The molecule has 1 aromatic rings. The Hall–Kier alpha value is -0.860.